The highest BCUT2D eigenvalue weighted by Crippen LogP contribution is 2.33. The van der Waals surface area contributed by atoms with Crippen molar-refractivity contribution in [2.45, 2.75) is 291 Å². The number of carbonyl (C=O) groups is 1. The molecule has 0 aliphatic carbocycles. The minimum Gasteiger partial charge on any atom is -0.394 e. The molecule has 19 heteroatoms. The van der Waals surface area contributed by atoms with Crippen LogP contribution in [0.2, 0.25) is 0 Å². The second kappa shape index (κ2) is 41.1. The SMILES string of the molecule is CCCC/C=C/CC/C=C/CC/C=C/C(O)C(COC1OC(CO)C(OC2OC(CO)C(OC3OC(CO)C(O)C(O)C3O)C(O)C2O)C(O)C1O)NC(=O)CCCCCCCCCCCCCCCCCCCCC. The highest BCUT2D eigenvalue weighted by atomic mass is 16.8. The van der Waals surface area contributed by atoms with Gasteiger partial charge in [-0.25, -0.2) is 0 Å². The lowest BCUT2D eigenvalue weighted by molar-refractivity contribution is -0.379. The molecular formula is C57H103NO18. The predicted octanol–water partition coefficient (Wildman–Crippen LogP) is 4.54. The third-order valence-electron chi connectivity index (χ3n) is 14.7. The average molecular weight is 1090 g/mol. The first-order valence-corrected chi connectivity index (χ1v) is 29.2. The first kappa shape index (κ1) is 68.3. The summed E-state index contributed by atoms with van der Waals surface area (Å²) in [7, 11) is 0. The van der Waals surface area contributed by atoms with Crippen LogP contribution in [0.15, 0.2) is 36.5 Å². The van der Waals surface area contributed by atoms with Crippen LogP contribution in [0, 0.1) is 0 Å². The largest absolute Gasteiger partial charge is 0.394 e. The van der Waals surface area contributed by atoms with Crippen LogP contribution in [0.4, 0.5) is 0 Å². The van der Waals surface area contributed by atoms with Gasteiger partial charge in [-0.1, -0.05) is 179 Å². The maximum atomic E-state index is 13.3. The number of ether oxygens (including phenoxy) is 6. The normalized spacial score (nSPS) is 31.2. The summed E-state index contributed by atoms with van der Waals surface area (Å²) >= 11 is 0. The van der Waals surface area contributed by atoms with E-state index in [1.807, 2.05) is 6.08 Å². The number of allylic oxidation sites excluding steroid dienone is 5. The molecule has 17 atom stereocenters. The van der Waals surface area contributed by atoms with Crippen LogP contribution >= 0.6 is 0 Å². The van der Waals surface area contributed by atoms with Crippen LogP contribution in [0.5, 0.6) is 0 Å². The number of hydrogen-bond acceptors (Lipinski definition) is 18. The van der Waals surface area contributed by atoms with Crippen molar-refractivity contribution in [3.8, 4) is 0 Å². The smallest absolute Gasteiger partial charge is 0.220 e. The van der Waals surface area contributed by atoms with Gasteiger partial charge in [0.1, 0.15) is 73.2 Å². The van der Waals surface area contributed by atoms with Crippen LogP contribution < -0.4 is 5.32 Å². The van der Waals surface area contributed by atoms with Gasteiger partial charge in [-0.2, -0.15) is 0 Å². The van der Waals surface area contributed by atoms with Crippen LogP contribution in [-0.4, -0.2) is 193 Å². The molecule has 0 saturated carbocycles. The molecule has 0 aromatic heterocycles. The molecule has 0 aromatic carbocycles. The maximum Gasteiger partial charge on any atom is 0.220 e. The van der Waals surface area contributed by atoms with E-state index in [1.54, 1.807) is 6.08 Å². The highest BCUT2D eigenvalue weighted by Gasteiger charge is 2.53. The highest BCUT2D eigenvalue weighted by molar-refractivity contribution is 5.76. The van der Waals surface area contributed by atoms with Gasteiger partial charge in [0.15, 0.2) is 18.9 Å². The molecule has 1 amide bonds. The average Bonchev–Trinajstić information content (AvgIpc) is 3.42. The van der Waals surface area contributed by atoms with E-state index in [0.29, 0.717) is 12.8 Å². The fourth-order valence-corrected chi connectivity index (χ4v) is 9.80. The van der Waals surface area contributed by atoms with Gasteiger partial charge in [-0.05, 0) is 38.5 Å². The predicted molar refractivity (Wildman–Crippen MR) is 286 cm³/mol. The second-order valence-electron chi connectivity index (χ2n) is 21.1. The molecule has 0 spiro atoms. The number of unbranched alkanes of at least 4 members (excludes halogenated alkanes) is 22. The molecular weight excluding hydrogens is 987 g/mol. The summed E-state index contributed by atoms with van der Waals surface area (Å²) < 4.78 is 34.2. The summed E-state index contributed by atoms with van der Waals surface area (Å²) in [6, 6.07) is -0.991. The second-order valence-corrected chi connectivity index (χ2v) is 21.1. The molecule has 76 heavy (non-hydrogen) atoms. The van der Waals surface area contributed by atoms with Crippen molar-refractivity contribution in [2.75, 3.05) is 26.4 Å². The Labute approximate surface area is 453 Å². The van der Waals surface area contributed by atoms with E-state index in [4.69, 9.17) is 28.4 Å². The quantitative estimate of drug-likeness (QED) is 0.0295. The Morgan fingerprint density at radius 1 is 0.461 bits per heavy atom. The van der Waals surface area contributed by atoms with Crippen LogP contribution in [0.1, 0.15) is 187 Å². The molecule has 0 bridgehead atoms. The van der Waals surface area contributed by atoms with Crippen molar-refractivity contribution >= 4 is 5.91 Å². The summed E-state index contributed by atoms with van der Waals surface area (Å²) in [5.41, 5.74) is 0. The Morgan fingerprint density at radius 2 is 0.842 bits per heavy atom. The summed E-state index contributed by atoms with van der Waals surface area (Å²) in [5.74, 6) is -0.290. The monoisotopic (exact) mass is 1090 g/mol. The molecule has 12 N–H and O–H groups in total. The number of carbonyl (C=O) groups excluding carboxylic acids is 1. The minimum atomic E-state index is -1.98. The zero-order chi connectivity index (χ0) is 55.5. The number of hydrogen-bond donors (Lipinski definition) is 12. The van der Waals surface area contributed by atoms with Gasteiger partial charge in [0, 0.05) is 6.42 Å². The van der Waals surface area contributed by atoms with E-state index in [9.17, 15) is 61.0 Å². The fourth-order valence-electron chi connectivity index (χ4n) is 9.80. The van der Waals surface area contributed by atoms with Gasteiger partial charge in [-0.3, -0.25) is 4.79 Å². The first-order chi connectivity index (χ1) is 36.8. The Kier molecular flexibility index (Phi) is 36.9. The van der Waals surface area contributed by atoms with Gasteiger partial charge in [0.2, 0.25) is 5.91 Å². The number of aliphatic hydroxyl groups is 11. The molecule has 3 aliphatic heterocycles. The van der Waals surface area contributed by atoms with Gasteiger partial charge in [-0.15, -0.1) is 0 Å². The van der Waals surface area contributed by atoms with Crippen molar-refractivity contribution < 1.29 is 89.4 Å². The van der Waals surface area contributed by atoms with Crippen LogP contribution in [0.25, 0.3) is 0 Å². The number of rotatable bonds is 42. The zero-order valence-electron chi connectivity index (χ0n) is 46.0. The molecule has 17 unspecified atom stereocenters. The molecule has 19 nitrogen and oxygen atoms in total. The van der Waals surface area contributed by atoms with Crippen molar-refractivity contribution in [3.63, 3.8) is 0 Å². The number of nitrogens with one attached hydrogen (secondary N) is 1. The van der Waals surface area contributed by atoms with E-state index in [2.05, 4.69) is 43.5 Å². The van der Waals surface area contributed by atoms with Gasteiger partial charge < -0.3 is 89.9 Å². The van der Waals surface area contributed by atoms with E-state index in [1.165, 1.54) is 109 Å². The van der Waals surface area contributed by atoms with Crippen molar-refractivity contribution in [2.24, 2.45) is 0 Å². The Hall–Kier alpha value is -1.99. The number of amides is 1. The molecule has 3 saturated heterocycles. The summed E-state index contributed by atoms with van der Waals surface area (Å²) in [5, 5.41) is 120. The van der Waals surface area contributed by atoms with Gasteiger partial charge in [0.25, 0.3) is 0 Å². The molecule has 3 rings (SSSR count). The Bertz CT molecular complexity index is 1540. The van der Waals surface area contributed by atoms with Gasteiger partial charge >= 0.3 is 0 Å². The maximum absolute atomic E-state index is 13.3. The Balaban J connectivity index is 1.50. The zero-order valence-corrected chi connectivity index (χ0v) is 46.0. The van der Waals surface area contributed by atoms with Crippen molar-refractivity contribution in [1.29, 1.82) is 0 Å². The molecule has 444 valence electrons. The van der Waals surface area contributed by atoms with E-state index >= 15 is 0 Å². The van der Waals surface area contributed by atoms with E-state index in [-0.39, 0.29) is 18.9 Å². The van der Waals surface area contributed by atoms with Crippen LogP contribution in [-0.2, 0) is 33.2 Å². The first-order valence-electron chi connectivity index (χ1n) is 29.2. The third-order valence-corrected chi connectivity index (χ3v) is 14.7. The lowest BCUT2D eigenvalue weighted by Crippen LogP contribution is -2.66. The van der Waals surface area contributed by atoms with Gasteiger partial charge in [0.05, 0.1) is 38.6 Å². The van der Waals surface area contributed by atoms with E-state index < -0.39 is 124 Å². The minimum absolute atomic E-state index is 0.235. The topological polar surface area (TPSA) is 307 Å². The fraction of sp³-hybridized carbons (Fsp3) is 0.877. The standard InChI is InChI=1S/C57H103NO18/c1-3-5-7-9-11-13-15-17-18-19-20-21-22-23-25-27-29-31-33-35-45(63)58-40(41(62)34-32-30-28-26-24-16-14-12-10-8-6-4-2)39-71-55-51(69)48(66)53(43(37-60)73-55)76-57-52(70)49(67)54(44(38-61)74-57)75-56-50(68)47(65)46(64)42(36-59)72-56/h10,12,24,26,32,34,40-44,46-57,59-62,64-70H,3-9,11,13-23,25,27-31,33,35-39H2,1-2H3,(H,58,63)/b12-10+,26-24+,34-32+. The lowest BCUT2D eigenvalue weighted by Gasteiger charge is -2.48. The van der Waals surface area contributed by atoms with Crippen molar-refractivity contribution in [1.82, 2.24) is 5.32 Å². The van der Waals surface area contributed by atoms with Crippen molar-refractivity contribution in [3.05, 3.63) is 36.5 Å². The summed E-state index contributed by atoms with van der Waals surface area (Å²) in [4.78, 5) is 13.3. The molecule has 3 fully saturated rings. The van der Waals surface area contributed by atoms with Crippen LogP contribution in [0.3, 0.4) is 0 Å². The van der Waals surface area contributed by atoms with E-state index in [0.717, 1.165) is 44.9 Å². The summed E-state index contributed by atoms with van der Waals surface area (Å²) in [6.07, 6.45) is 15.7. The third kappa shape index (κ3) is 25.2. The molecule has 3 heterocycles. The summed E-state index contributed by atoms with van der Waals surface area (Å²) in [6.45, 7) is 1.63. The molecule has 3 aliphatic rings. The lowest BCUT2D eigenvalue weighted by atomic mass is 9.96. The Morgan fingerprint density at radius 3 is 1.30 bits per heavy atom. The molecule has 0 aromatic rings. The number of aliphatic hydroxyl groups excluding tert-OH is 11. The molecule has 0 radical (unpaired) electrons.